The number of para-hydroxylation sites is 1. The summed E-state index contributed by atoms with van der Waals surface area (Å²) in [6.07, 6.45) is 0. The van der Waals surface area contributed by atoms with Crippen molar-refractivity contribution in [2.45, 2.75) is 27.7 Å². The van der Waals surface area contributed by atoms with E-state index in [9.17, 15) is 9.59 Å². The average Bonchev–Trinajstić information content (AvgIpc) is 2.60. The Bertz CT molecular complexity index is 377. The van der Waals surface area contributed by atoms with E-state index in [1.54, 1.807) is 24.3 Å². The molecule has 1 aliphatic rings. The largest absolute Gasteiger partial charge is 0.460 e. The maximum Gasteiger partial charge on any atom is 0.269 e. The van der Waals surface area contributed by atoms with Gasteiger partial charge in [0.05, 0.1) is 0 Å². The van der Waals surface area contributed by atoms with Crippen molar-refractivity contribution < 1.29 is 42.3 Å². The molecule has 17 heavy (non-hydrogen) atoms. The SMILES string of the molecule is CC.CC.[CH2-]N1C(=O)C(=O)c2ccccc21.[Y]. The van der Waals surface area contributed by atoms with E-state index in [0.717, 1.165) is 4.90 Å². The minimum Gasteiger partial charge on any atom is -0.460 e. The second-order valence-electron chi connectivity index (χ2n) is 2.58. The molecule has 0 unspecified atom stereocenters. The number of benzene rings is 1. The molecule has 1 aromatic carbocycles. The van der Waals surface area contributed by atoms with Gasteiger partial charge in [-0.05, 0) is 12.1 Å². The summed E-state index contributed by atoms with van der Waals surface area (Å²) < 4.78 is 0. The van der Waals surface area contributed by atoms with Crippen molar-refractivity contribution in [1.29, 1.82) is 0 Å². The quantitative estimate of drug-likeness (QED) is 0.545. The molecule has 0 saturated heterocycles. The van der Waals surface area contributed by atoms with Crippen molar-refractivity contribution in [3.63, 3.8) is 0 Å². The fraction of sp³-hybridized carbons (Fsp3) is 0.308. The monoisotopic (exact) mass is 309 g/mol. The molecule has 91 valence electrons. The molecule has 0 saturated carbocycles. The molecule has 1 aliphatic heterocycles. The zero-order valence-electron chi connectivity index (χ0n) is 10.9. The molecule has 0 fully saturated rings. The predicted octanol–water partition coefficient (Wildman–Crippen LogP) is 3.06. The van der Waals surface area contributed by atoms with Crippen LogP contribution in [0.15, 0.2) is 24.3 Å². The van der Waals surface area contributed by atoms with E-state index in [0.29, 0.717) is 11.3 Å². The van der Waals surface area contributed by atoms with Gasteiger partial charge < -0.3 is 4.90 Å². The van der Waals surface area contributed by atoms with Crippen molar-refractivity contribution in [3.05, 3.63) is 36.9 Å². The van der Waals surface area contributed by atoms with Crippen LogP contribution < -0.4 is 4.90 Å². The molecular weight excluding hydrogens is 291 g/mol. The minimum absolute atomic E-state index is 0. The molecule has 0 aromatic heterocycles. The molecule has 1 radical (unpaired) electrons. The molecule has 0 N–H and O–H groups in total. The van der Waals surface area contributed by atoms with Crippen LogP contribution in [0.1, 0.15) is 38.1 Å². The van der Waals surface area contributed by atoms with Crippen LogP contribution in [0.2, 0.25) is 0 Å². The number of Topliss-reactive ketones (excluding diaryl/α,β-unsaturated/α-hetero) is 1. The van der Waals surface area contributed by atoms with Gasteiger partial charge in [-0.3, -0.25) is 9.59 Å². The van der Waals surface area contributed by atoms with Crippen LogP contribution >= 0.6 is 0 Å². The summed E-state index contributed by atoms with van der Waals surface area (Å²) in [4.78, 5) is 23.4. The Morgan fingerprint density at radius 1 is 1.00 bits per heavy atom. The topological polar surface area (TPSA) is 37.4 Å². The van der Waals surface area contributed by atoms with Crippen molar-refractivity contribution in [3.8, 4) is 0 Å². The van der Waals surface area contributed by atoms with Crippen molar-refractivity contribution >= 4 is 17.4 Å². The van der Waals surface area contributed by atoms with E-state index in [2.05, 4.69) is 7.05 Å². The van der Waals surface area contributed by atoms with Gasteiger partial charge in [0.25, 0.3) is 5.91 Å². The number of carbonyl (C=O) groups is 2. The Hall–Kier alpha value is -0.536. The van der Waals surface area contributed by atoms with Gasteiger partial charge in [-0.2, -0.15) is 0 Å². The van der Waals surface area contributed by atoms with Crippen LogP contribution in [0.3, 0.4) is 0 Å². The predicted molar refractivity (Wildman–Crippen MR) is 66.3 cm³/mol. The summed E-state index contributed by atoms with van der Waals surface area (Å²) in [5.41, 5.74) is 1.03. The second-order valence-corrected chi connectivity index (χ2v) is 2.58. The van der Waals surface area contributed by atoms with Crippen molar-refractivity contribution in [2.24, 2.45) is 0 Å². The van der Waals surface area contributed by atoms with Gasteiger partial charge in [0.15, 0.2) is 0 Å². The maximum atomic E-state index is 11.2. The second kappa shape index (κ2) is 9.49. The molecule has 1 aromatic rings. The van der Waals surface area contributed by atoms with Gasteiger partial charge in [0.2, 0.25) is 5.78 Å². The first-order valence-corrected chi connectivity index (χ1v) is 5.50. The third-order valence-corrected chi connectivity index (χ3v) is 1.88. The molecular formula is C13H18NO2Y-. The van der Waals surface area contributed by atoms with Crippen LogP contribution in [-0.2, 0) is 37.5 Å². The zero-order chi connectivity index (χ0) is 12.7. The number of amides is 1. The van der Waals surface area contributed by atoms with Crippen LogP contribution in [0, 0.1) is 7.05 Å². The summed E-state index contributed by atoms with van der Waals surface area (Å²) in [6.45, 7) is 8.00. The van der Waals surface area contributed by atoms with Crippen LogP contribution in [0.25, 0.3) is 0 Å². The molecule has 1 amide bonds. The van der Waals surface area contributed by atoms with Crippen molar-refractivity contribution in [2.75, 3.05) is 4.90 Å². The fourth-order valence-electron chi connectivity index (χ4n) is 1.25. The van der Waals surface area contributed by atoms with Crippen LogP contribution in [0.4, 0.5) is 5.69 Å². The van der Waals surface area contributed by atoms with E-state index in [1.165, 1.54) is 0 Å². The molecule has 3 nitrogen and oxygen atoms in total. The number of ketones is 1. The van der Waals surface area contributed by atoms with E-state index in [1.807, 2.05) is 27.7 Å². The van der Waals surface area contributed by atoms with Gasteiger partial charge in [-0.1, -0.05) is 39.8 Å². The number of anilines is 1. The van der Waals surface area contributed by atoms with Crippen molar-refractivity contribution in [1.82, 2.24) is 0 Å². The molecule has 1 heterocycles. The number of carbonyl (C=O) groups excluding carboxylic acids is 2. The van der Waals surface area contributed by atoms with E-state index >= 15 is 0 Å². The van der Waals surface area contributed by atoms with E-state index < -0.39 is 11.7 Å². The molecule has 0 aliphatic carbocycles. The first-order chi connectivity index (χ1) is 7.72. The Kier molecular flexibility index (Phi) is 10.5. The Morgan fingerprint density at radius 3 is 1.94 bits per heavy atom. The van der Waals surface area contributed by atoms with Gasteiger partial charge >= 0.3 is 0 Å². The maximum absolute atomic E-state index is 11.2. The third kappa shape index (κ3) is 4.00. The third-order valence-electron chi connectivity index (χ3n) is 1.88. The van der Waals surface area contributed by atoms with Crippen LogP contribution in [-0.4, -0.2) is 11.7 Å². The molecule has 0 atom stereocenters. The number of rotatable bonds is 0. The minimum atomic E-state index is -0.559. The van der Waals surface area contributed by atoms with E-state index in [4.69, 9.17) is 0 Å². The zero-order valence-corrected chi connectivity index (χ0v) is 13.7. The smallest absolute Gasteiger partial charge is 0.269 e. The average molecular weight is 309 g/mol. The summed E-state index contributed by atoms with van der Waals surface area (Å²) in [6, 6.07) is 6.82. The Morgan fingerprint density at radius 2 is 1.47 bits per heavy atom. The summed E-state index contributed by atoms with van der Waals surface area (Å²) in [7, 11) is 3.47. The summed E-state index contributed by atoms with van der Waals surface area (Å²) in [5, 5.41) is 0. The molecule has 4 heteroatoms. The number of fused-ring (bicyclic) bond motifs is 1. The van der Waals surface area contributed by atoms with Gasteiger partial charge in [-0.25, -0.2) is 7.05 Å². The first kappa shape index (κ1) is 18.8. The van der Waals surface area contributed by atoms with Gasteiger partial charge in [0, 0.05) is 44.0 Å². The van der Waals surface area contributed by atoms with E-state index in [-0.39, 0.29) is 32.7 Å². The normalized spacial score (nSPS) is 11.5. The Balaban J connectivity index is 0. The summed E-state index contributed by atoms with van der Waals surface area (Å²) >= 11 is 0. The van der Waals surface area contributed by atoms with Crippen LogP contribution in [0.5, 0.6) is 0 Å². The summed E-state index contributed by atoms with van der Waals surface area (Å²) in [5.74, 6) is -1.03. The standard InChI is InChI=1S/C9H6NO2.2C2H6.Y/c1-10-7-5-3-2-4-6(7)8(11)9(10)12;2*1-2;/h2-5H,1H2;2*1-2H3;/q-1;;;. The molecule has 0 spiro atoms. The van der Waals surface area contributed by atoms with Gasteiger partial charge in [-0.15, -0.1) is 0 Å². The molecule has 2 rings (SSSR count). The molecule has 0 bridgehead atoms. The number of hydrogen-bond acceptors (Lipinski definition) is 2. The first-order valence-electron chi connectivity index (χ1n) is 5.50. The number of nitrogens with zero attached hydrogens (tertiary/aromatic N) is 1. The van der Waals surface area contributed by atoms with Gasteiger partial charge in [0.1, 0.15) is 0 Å². The number of hydrogen-bond donors (Lipinski definition) is 0. The fourth-order valence-corrected chi connectivity index (χ4v) is 1.25. The Labute approximate surface area is 128 Å².